The number of rotatable bonds is 4. The molecule has 1 unspecified atom stereocenters. The molecule has 0 saturated heterocycles. The van der Waals surface area contributed by atoms with Crippen LogP contribution in [-0.2, 0) is 9.59 Å². The number of anilines is 2. The van der Waals surface area contributed by atoms with E-state index < -0.39 is 0 Å². The molecule has 142 valence electrons. The standard InChI is InChI=1S/C22H20N2O3S/c1-15-6-4-7-16(12-15)23-21(25)14-24-17-8-2-3-10-19(17)28-20(13-22(24)26)18-9-5-11-27-18/h2-12,20H,13-14H2,1H3,(H,23,25). The molecule has 2 amide bonds. The largest absolute Gasteiger partial charge is 0.468 e. The van der Waals surface area contributed by atoms with E-state index >= 15 is 0 Å². The van der Waals surface area contributed by atoms with Gasteiger partial charge >= 0.3 is 0 Å². The molecule has 0 bridgehead atoms. The van der Waals surface area contributed by atoms with Crippen molar-refractivity contribution in [2.75, 3.05) is 16.8 Å². The third kappa shape index (κ3) is 3.97. The van der Waals surface area contributed by atoms with Gasteiger partial charge < -0.3 is 14.6 Å². The Kier molecular flexibility index (Phi) is 5.21. The summed E-state index contributed by atoms with van der Waals surface area (Å²) in [5.74, 6) is 0.438. The summed E-state index contributed by atoms with van der Waals surface area (Å²) in [5.41, 5.74) is 2.54. The highest BCUT2D eigenvalue weighted by Crippen LogP contribution is 2.45. The Hall–Kier alpha value is -2.99. The second-order valence-electron chi connectivity index (χ2n) is 6.69. The number of fused-ring (bicyclic) bond motifs is 1. The van der Waals surface area contributed by atoms with Gasteiger partial charge in [0, 0.05) is 17.0 Å². The molecule has 5 nitrogen and oxygen atoms in total. The second kappa shape index (κ2) is 7.94. The van der Waals surface area contributed by atoms with E-state index in [1.54, 1.807) is 22.9 Å². The van der Waals surface area contributed by atoms with Crippen LogP contribution in [0.15, 0.2) is 76.2 Å². The van der Waals surface area contributed by atoms with Crippen molar-refractivity contribution < 1.29 is 14.0 Å². The van der Waals surface area contributed by atoms with Gasteiger partial charge in [-0.3, -0.25) is 9.59 Å². The zero-order chi connectivity index (χ0) is 19.5. The second-order valence-corrected chi connectivity index (χ2v) is 7.94. The van der Waals surface area contributed by atoms with E-state index in [9.17, 15) is 9.59 Å². The monoisotopic (exact) mass is 392 g/mol. The summed E-state index contributed by atoms with van der Waals surface area (Å²) in [7, 11) is 0. The van der Waals surface area contributed by atoms with Crippen LogP contribution in [-0.4, -0.2) is 18.4 Å². The van der Waals surface area contributed by atoms with Crippen LogP contribution < -0.4 is 10.2 Å². The van der Waals surface area contributed by atoms with Gasteiger partial charge in [0.2, 0.25) is 11.8 Å². The molecule has 1 aromatic heterocycles. The van der Waals surface area contributed by atoms with Crippen LogP contribution >= 0.6 is 11.8 Å². The van der Waals surface area contributed by atoms with Crippen molar-refractivity contribution in [3.8, 4) is 0 Å². The number of nitrogens with one attached hydrogen (secondary N) is 1. The van der Waals surface area contributed by atoms with Crippen LogP contribution in [0.4, 0.5) is 11.4 Å². The average molecular weight is 392 g/mol. The fourth-order valence-corrected chi connectivity index (χ4v) is 4.49. The molecule has 2 heterocycles. The number of aryl methyl sites for hydroxylation is 1. The molecule has 0 aliphatic carbocycles. The summed E-state index contributed by atoms with van der Waals surface area (Å²) in [5, 5.41) is 2.77. The van der Waals surface area contributed by atoms with Crippen molar-refractivity contribution in [3.63, 3.8) is 0 Å². The van der Waals surface area contributed by atoms with Gasteiger partial charge in [0.1, 0.15) is 12.3 Å². The summed E-state index contributed by atoms with van der Waals surface area (Å²) in [6, 6.07) is 19.0. The fraction of sp³-hybridized carbons (Fsp3) is 0.182. The number of amides is 2. The van der Waals surface area contributed by atoms with E-state index in [1.807, 2.05) is 67.6 Å². The Balaban J connectivity index is 1.58. The Morgan fingerprint density at radius 3 is 2.82 bits per heavy atom. The van der Waals surface area contributed by atoms with Crippen LogP contribution in [0.5, 0.6) is 0 Å². The lowest BCUT2D eigenvalue weighted by Crippen LogP contribution is -2.38. The lowest BCUT2D eigenvalue weighted by atomic mass is 10.2. The third-order valence-electron chi connectivity index (χ3n) is 4.55. The fourth-order valence-electron chi connectivity index (χ4n) is 3.25. The Bertz CT molecular complexity index is 1000. The maximum absolute atomic E-state index is 13.0. The first kappa shape index (κ1) is 18.4. The quantitative estimate of drug-likeness (QED) is 0.693. The molecule has 3 aromatic rings. The van der Waals surface area contributed by atoms with Gasteiger partial charge in [-0.05, 0) is 48.9 Å². The summed E-state index contributed by atoms with van der Waals surface area (Å²) < 4.78 is 5.53. The zero-order valence-electron chi connectivity index (χ0n) is 15.4. The number of furan rings is 1. The summed E-state index contributed by atoms with van der Waals surface area (Å²) in [6.45, 7) is 1.94. The van der Waals surface area contributed by atoms with Crippen LogP contribution in [0.1, 0.15) is 23.0 Å². The minimum absolute atomic E-state index is 0.0325. The maximum Gasteiger partial charge on any atom is 0.244 e. The molecule has 0 spiro atoms. The highest BCUT2D eigenvalue weighted by molar-refractivity contribution is 7.99. The first-order valence-electron chi connectivity index (χ1n) is 9.06. The molecule has 1 atom stereocenters. The molecular formula is C22H20N2O3S. The van der Waals surface area contributed by atoms with Crippen molar-refractivity contribution in [1.82, 2.24) is 0 Å². The highest BCUT2D eigenvalue weighted by Gasteiger charge is 2.31. The number of thioether (sulfide) groups is 1. The van der Waals surface area contributed by atoms with Crippen molar-refractivity contribution in [1.29, 1.82) is 0 Å². The first-order chi connectivity index (χ1) is 13.6. The van der Waals surface area contributed by atoms with Crippen molar-refractivity contribution in [2.45, 2.75) is 23.5 Å². The van der Waals surface area contributed by atoms with Gasteiger partial charge in [0.05, 0.1) is 17.2 Å². The van der Waals surface area contributed by atoms with Crippen molar-refractivity contribution in [2.24, 2.45) is 0 Å². The summed E-state index contributed by atoms with van der Waals surface area (Å²) in [6.07, 6.45) is 1.88. The molecule has 1 N–H and O–H groups in total. The molecular weight excluding hydrogens is 372 g/mol. The number of para-hydroxylation sites is 1. The minimum atomic E-state index is -0.227. The molecule has 28 heavy (non-hydrogen) atoms. The van der Waals surface area contributed by atoms with E-state index in [0.717, 1.165) is 27.6 Å². The van der Waals surface area contributed by atoms with E-state index in [-0.39, 0.29) is 30.0 Å². The molecule has 2 aromatic carbocycles. The number of hydrogen-bond donors (Lipinski definition) is 1. The number of hydrogen-bond acceptors (Lipinski definition) is 4. The predicted octanol–water partition coefficient (Wildman–Crippen LogP) is 4.80. The van der Waals surface area contributed by atoms with Crippen LogP contribution in [0.25, 0.3) is 0 Å². The van der Waals surface area contributed by atoms with Crippen LogP contribution in [0.2, 0.25) is 0 Å². The van der Waals surface area contributed by atoms with Gasteiger partial charge in [-0.2, -0.15) is 0 Å². The smallest absolute Gasteiger partial charge is 0.244 e. The lowest BCUT2D eigenvalue weighted by molar-refractivity contribution is -0.121. The molecule has 1 aliphatic rings. The van der Waals surface area contributed by atoms with E-state index in [1.165, 1.54) is 0 Å². The molecule has 0 fully saturated rings. The first-order valence-corrected chi connectivity index (χ1v) is 9.94. The number of nitrogens with zero attached hydrogens (tertiary/aromatic N) is 1. The zero-order valence-corrected chi connectivity index (χ0v) is 16.2. The molecule has 0 radical (unpaired) electrons. The van der Waals surface area contributed by atoms with Gasteiger partial charge in [0.25, 0.3) is 0 Å². The molecule has 6 heteroatoms. The van der Waals surface area contributed by atoms with Crippen molar-refractivity contribution in [3.05, 3.63) is 78.3 Å². The molecule has 4 rings (SSSR count). The normalized spacial score (nSPS) is 16.4. The van der Waals surface area contributed by atoms with E-state index in [0.29, 0.717) is 0 Å². The number of benzene rings is 2. The molecule has 0 saturated carbocycles. The Morgan fingerprint density at radius 2 is 2.04 bits per heavy atom. The Labute approximate surface area is 167 Å². The van der Waals surface area contributed by atoms with Gasteiger partial charge in [0.15, 0.2) is 0 Å². The lowest BCUT2D eigenvalue weighted by Gasteiger charge is -2.22. The minimum Gasteiger partial charge on any atom is -0.468 e. The highest BCUT2D eigenvalue weighted by atomic mass is 32.2. The molecule has 1 aliphatic heterocycles. The van der Waals surface area contributed by atoms with E-state index in [2.05, 4.69) is 5.32 Å². The summed E-state index contributed by atoms with van der Waals surface area (Å²) >= 11 is 1.59. The number of carbonyl (C=O) groups excluding carboxylic acids is 2. The summed E-state index contributed by atoms with van der Waals surface area (Å²) in [4.78, 5) is 28.2. The number of carbonyl (C=O) groups is 2. The van der Waals surface area contributed by atoms with Gasteiger partial charge in [-0.15, -0.1) is 11.8 Å². The predicted molar refractivity (Wildman–Crippen MR) is 111 cm³/mol. The van der Waals surface area contributed by atoms with Gasteiger partial charge in [-0.1, -0.05) is 24.3 Å². The maximum atomic E-state index is 13.0. The van der Waals surface area contributed by atoms with E-state index in [4.69, 9.17) is 4.42 Å². The SMILES string of the molecule is Cc1cccc(NC(=O)CN2C(=O)CC(c3ccco3)Sc3ccccc32)c1. The van der Waals surface area contributed by atoms with Crippen molar-refractivity contribution >= 4 is 35.0 Å². The van der Waals surface area contributed by atoms with Crippen LogP contribution in [0.3, 0.4) is 0 Å². The van der Waals surface area contributed by atoms with Crippen LogP contribution in [0, 0.1) is 6.92 Å². The Morgan fingerprint density at radius 1 is 1.18 bits per heavy atom. The third-order valence-corrected chi connectivity index (χ3v) is 5.83. The topological polar surface area (TPSA) is 62.6 Å². The van der Waals surface area contributed by atoms with Gasteiger partial charge in [-0.25, -0.2) is 0 Å². The average Bonchev–Trinajstić information content (AvgIpc) is 3.16.